The summed E-state index contributed by atoms with van der Waals surface area (Å²) in [5.74, 6) is -0.111. The number of rotatable bonds is 16. The number of ketones is 1. The molecule has 3 heteroatoms. The largest absolute Gasteiger partial charge is 0.457 e. The number of ether oxygens (including phenoxy) is 1. The molecule has 36 heavy (non-hydrogen) atoms. The molecule has 1 rings (SSSR count). The van der Waals surface area contributed by atoms with Gasteiger partial charge in [-0.15, -0.1) is 0 Å². The molecule has 1 aliphatic carbocycles. The van der Waals surface area contributed by atoms with E-state index in [-0.39, 0.29) is 17.9 Å². The van der Waals surface area contributed by atoms with Gasteiger partial charge in [-0.05, 0) is 76.5 Å². The van der Waals surface area contributed by atoms with Crippen LogP contribution in [0.25, 0.3) is 0 Å². The summed E-state index contributed by atoms with van der Waals surface area (Å²) < 4.78 is 5.93. The zero-order chi connectivity index (χ0) is 26.7. The average Bonchev–Trinajstić information content (AvgIpc) is 2.85. The van der Waals surface area contributed by atoms with Crippen molar-refractivity contribution in [3.8, 4) is 0 Å². The fourth-order valence-electron chi connectivity index (χ4n) is 4.42. The van der Waals surface area contributed by atoms with E-state index in [1.165, 1.54) is 76.2 Å². The van der Waals surface area contributed by atoms with Gasteiger partial charge in [-0.3, -0.25) is 9.59 Å². The summed E-state index contributed by atoms with van der Waals surface area (Å²) in [6, 6.07) is 0. The van der Waals surface area contributed by atoms with E-state index in [2.05, 4.69) is 32.1 Å². The lowest BCUT2D eigenvalue weighted by Gasteiger charge is -2.29. The van der Waals surface area contributed by atoms with Gasteiger partial charge in [0.15, 0.2) is 5.78 Å². The molecule has 0 heterocycles. The molecule has 0 amide bonds. The molecule has 0 N–H and O–H groups in total. The van der Waals surface area contributed by atoms with Gasteiger partial charge in [-0.25, -0.2) is 0 Å². The summed E-state index contributed by atoms with van der Waals surface area (Å²) >= 11 is 0. The SMILES string of the molecule is CCCCCCCC/C=C\CCCCCCCC(=O)OC1/C=C(\C)CC/C=C(\C)C(=O)/C=C/C1(C)C. The van der Waals surface area contributed by atoms with Crippen molar-refractivity contribution >= 4 is 11.8 Å². The van der Waals surface area contributed by atoms with Crippen molar-refractivity contribution in [3.05, 3.63) is 47.6 Å². The zero-order valence-electron chi connectivity index (χ0n) is 24.1. The predicted molar refractivity (Wildman–Crippen MR) is 154 cm³/mol. The van der Waals surface area contributed by atoms with E-state index in [0.29, 0.717) is 6.42 Å². The molecule has 1 aliphatic rings. The molecule has 0 aliphatic heterocycles. The Kier molecular flexibility index (Phi) is 17.2. The van der Waals surface area contributed by atoms with Gasteiger partial charge >= 0.3 is 5.97 Å². The molecule has 0 radical (unpaired) electrons. The van der Waals surface area contributed by atoms with Gasteiger partial charge < -0.3 is 4.74 Å². The highest BCUT2D eigenvalue weighted by atomic mass is 16.5. The van der Waals surface area contributed by atoms with Crippen LogP contribution in [0.2, 0.25) is 0 Å². The van der Waals surface area contributed by atoms with Gasteiger partial charge in [0.05, 0.1) is 0 Å². The van der Waals surface area contributed by atoms with E-state index in [1.54, 1.807) is 6.08 Å². The molecule has 0 saturated heterocycles. The summed E-state index contributed by atoms with van der Waals surface area (Å²) in [5.41, 5.74) is 1.52. The minimum atomic E-state index is -0.445. The van der Waals surface area contributed by atoms with Gasteiger partial charge in [0, 0.05) is 11.8 Å². The molecule has 0 fully saturated rings. The van der Waals surface area contributed by atoms with Crippen molar-refractivity contribution < 1.29 is 14.3 Å². The Morgan fingerprint density at radius 3 is 2.17 bits per heavy atom. The van der Waals surface area contributed by atoms with Gasteiger partial charge in [-0.1, -0.05) is 102 Å². The van der Waals surface area contributed by atoms with Crippen molar-refractivity contribution in [1.29, 1.82) is 0 Å². The van der Waals surface area contributed by atoms with Gasteiger partial charge in [0.25, 0.3) is 0 Å². The highest BCUT2D eigenvalue weighted by Gasteiger charge is 2.29. The van der Waals surface area contributed by atoms with E-state index in [9.17, 15) is 9.59 Å². The average molecular weight is 499 g/mol. The Balaban J connectivity index is 2.27. The minimum absolute atomic E-state index is 0.0287. The molecule has 0 bridgehead atoms. The molecular weight excluding hydrogens is 444 g/mol. The third-order valence-electron chi connectivity index (χ3n) is 7.11. The molecular formula is C33H54O3. The van der Waals surface area contributed by atoms with Crippen molar-refractivity contribution in [1.82, 2.24) is 0 Å². The van der Waals surface area contributed by atoms with E-state index in [4.69, 9.17) is 4.74 Å². The number of allylic oxidation sites excluding steroid dienone is 6. The standard InChI is InChI=1S/C33H54O3/c1-6-7-8-9-10-11-12-13-14-15-16-17-18-19-20-24-32(35)36-31-27-28(2)22-21-23-29(3)30(34)25-26-33(31,4)5/h13-14,23,25-27,31H,6-12,15-22,24H2,1-5H3/b14-13-,26-25+,28-27+,29-23+. The summed E-state index contributed by atoms with van der Waals surface area (Å²) in [6.07, 6.45) is 30.2. The number of unbranched alkanes of at least 4 members (excludes halogenated alkanes) is 11. The van der Waals surface area contributed by atoms with Crippen molar-refractivity contribution in [2.45, 2.75) is 143 Å². The summed E-state index contributed by atoms with van der Waals surface area (Å²) in [6.45, 7) is 10.3. The van der Waals surface area contributed by atoms with Crippen LogP contribution in [-0.2, 0) is 14.3 Å². The van der Waals surface area contributed by atoms with Crippen molar-refractivity contribution in [2.75, 3.05) is 0 Å². The predicted octanol–water partition coefficient (Wildman–Crippen LogP) is 9.77. The number of hydrogen-bond acceptors (Lipinski definition) is 3. The van der Waals surface area contributed by atoms with Crippen LogP contribution in [0.4, 0.5) is 0 Å². The normalized spacial score (nSPS) is 22.4. The fraction of sp³-hybridized carbons (Fsp3) is 0.697. The number of esters is 1. The maximum absolute atomic E-state index is 12.6. The zero-order valence-corrected chi connectivity index (χ0v) is 24.1. The highest BCUT2D eigenvalue weighted by Crippen LogP contribution is 2.29. The Morgan fingerprint density at radius 2 is 1.53 bits per heavy atom. The molecule has 1 unspecified atom stereocenters. The third-order valence-corrected chi connectivity index (χ3v) is 7.11. The van der Waals surface area contributed by atoms with Gasteiger partial charge in [0.1, 0.15) is 6.10 Å². The Morgan fingerprint density at radius 1 is 0.944 bits per heavy atom. The molecule has 0 aromatic rings. The third kappa shape index (κ3) is 15.3. The Labute approximate surface area is 222 Å². The monoisotopic (exact) mass is 498 g/mol. The maximum Gasteiger partial charge on any atom is 0.306 e. The second-order valence-electron chi connectivity index (χ2n) is 11.2. The molecule has 0 spiro atoms. The Bertz CT molecular complexity index is 751. The first-order valence-electron chi connectivity index (χ1n) is 14.7. The van der Waals surface area contributed by atoms with Crippen LogP contribution < -0.4 is 0 Å². The number of hydrogen-bond donors (Lipinski definition) is 0. The van der Waals surface area contributed by atoms with Crippen molar-refractivity contribution in [2.24, 2.45) is 5.41 Å². The van der Waals surface area contributed by atoms with E-state index in [0.717, 1.165) is 31.3 Å². The van der Waals surface area contributed by atoms with Crippen LogP contribution in [-0.4, -0.2) is 17.9 Å². The summed E-state index contributed by atoms with van der Waals surface area (Å²) in [4.78, 5) is 24.9. The number of carbonyl (C=O) groups excluding carboxylic acids is 2. The maximum atomic E-state index is 12.6. The molecule has 1 atom stereocenters. The Hall–Kier alpha value is -1.90. The lowest BCUT2D eigenvalue weighted by atomic mass is 9.84. The topological polar surface area (TPSA) is 43.4 Å². The molecule has 204 valence electrons. The second-order valence-corrected chi connectivity index (χ2v) is 11.2. The first-order valence-corrected chi connectivity index (χ1v) is 14.7. The van der Waals surface area contributed by atoms with Crippen LogP contribution >= 0.6 is 0 Å². The molecule has 0 aromatic carbocycles. The van der Waals surface area contributed by atoms with Crippen LogP contribution in [0.3, 0.4) is 0 Å². The van der Waals surface area contributed by atoms with Gasteiger partial charge in [0.2, 0.25) is 0 Å². The summed E-state index contributed by atoms with van der Waals surface area (Å²) in [7, 11) is 0. The van der Waals surface area contributed by atoms with Crippen LogP contribution in [0, 0.1) is 5.41 Å². The van der Waals surface area contributed by atoms with E-state index in [1.807, 2.05) is 32.9 Å². The fourth-order valence-corrected chi connectivity index (χ4v) is 4.42. The lowest BCUT2D eigenvalue weighted by Crippen LogP contribution is -2.31. The van der Waals surface area contributed by atoms with Crippen LogP contribution in [0.5, 0.6) is 0 Å². The minimum Gasteiger partial charge on any atom is -0.457 e. The van der Waals surface area contributed by atoms with Gasteiger partial charge in [-0.2, -0.15) is 0 Å². The lowest BCUT2D eigenvalue weighted by molar-refractivity contribution is -0.150. The smallest absolute Gasteiger partial charge is 0.306 e. The molecule has 0 saturated carbocycles. The number of carbonyl (C=O) groups is 2. The second kappa shape index (κ2) is 19.2. The van der Waals surface area contributed by atoms with Crippen LogP contribution in [0.1, 0.15) is 137 Å². The van der Waals surface area contributed by atoms with Crippen molar-refractivity contribution in [3.63, 3.8) is 0 Å². The van der Waals surface area contributed by atoms with E-state index < -0.39 is 5.41 Å². The first-order chi connectivity index (χ1) is 17.3. The first kappa shape index (κ1) is 32.1. The van der Waals surface area contributed by atoms with Crippen LogP contribution in [0.15, 0.2) is 47.6 Å². The van der Waals surface area contributed by atoms with E-state index >= 15 is 0 Å². The molecule has 0 aromatic heterocycles. The molecule has 3 nitrogen and oxygen atoms in total. The summed E-state index contributed by atoms with van der Waals surface area (Å²) in [5, 5.41) is 0. The highest BCUT2D eigenvalue weighted by molar-refractivity contribution is 6.03. The quantitative estimate of drug-likeness (QED) is 0.121.